The Kier molecular flexibility index (Phi) is 8.52. The summed E-state index contributed by atoms with van der Waals surface area (Å²) in [5, 5.41) is 2.96. The predicted octanol–water partition coefficient (Wildman–Crippen LogP) is 7.75. The topological polar surface area (TPSA) is 64.6 Å². The second kappa shape index (κ2) is 11.5. The van der Waals surface area contributed by atoms with Crippen molar-refractivity contribution < 1.29 is 19.1 Å². The van der Waals surface area contributed by atoms with Crippen LogP contribution < -0.4 is 5.32 Å². The summed E-state index contributed by atoms with van der Waals surface area (Å²) in [6.07, 6.45) is 14.5. The van der Waals surface area contributed by atoms with Crippen molar-refractivity contribution in [2.24, 2.45) is 46.3 Å². The SMILES string of the molecule is CC(=O)NCC(C)CCC1=C(C)C2C(CC3C4CC=C5CC(OC(=O)CCC(C)C)CCC5(C)C4CCC32C)O1. The van der Waals surface area contributed by atoms with Crippen molar-refractivity contribution in [3.63, 3.8) is 0 Å². The Labute approximate surface area is 243 Å². The summed E-state index contributed by atoms with van der Waals surface area (Å²) in [6.45, 7) is 16.3. The molecule has 5 nitrogen and oxygen atoms in total. The summed E-state index contributed by atoms with van der Waals surface area (Å²) in [5.74, 6) is 5.02. The molecular formula is C35H55NO4. The standard InChI is InChI=1S/C35H55NO4/c1-21(2)8-13-32(38)39-26-14-16-34(6)25(18-26)10-11-27-28(34)15-17-35(7)29(27)19-31-33(35)23(4)30(40-31)12-9-22(3)20-36-24(5)37/h10,21-22,26-29,31,33H,8-9,11-20H2,1-7H3,(H,36,37). The minimum absolute atomic E-state index is 0.00695. The normalized spacial score (nSPS) is 39.0. The lowest BCUT2D eigenvalue weighted by atomic mass is 9.47. The van der Waals surface area contributed by atoms with Gasteiger partial charge < -0.3 is 14.8 Å². The minimum atomic E-state index is -0.00695. The Balaban J connectivity index is 1.23. The average Bonchev–Trinajstić information content (AvgIpc) is 3.38. The number of fused-ring (bicyclic) bond motifs is 7. The van der Waals surface area contributed by atoms with E-state index in [1.165, 1.54) is 37.0 Å². The number of hydrogen-bond donors (Lipinski definition) is 1. The molecule has 0 aromatic carbocycles. The fourth-order valence-electron chi connectivity index (χ4n) is 9.76. The maximum Gasteiger partial charge on any atom is 0.306 e. The number of amides is 1. The van der Waals surface area contributed by atoms with Crippen LogP contribution >= 0.6 is 0 Å². The van der Waals surface area contributed by atoms with E-state index in [0.717, 1.165) is 62.8 Å². The number of ether oxygens (including phenoxy) is 2. The molecule has 9 unspecified atom stereocenters. The van der Waals surface area contributed by atoms with Crippen LogP contribution in [0.25, 0.3) is 0 Å². The van der Waals surface area contributed by atoms with E-state index >= 15 is 0 Å². The minimum Gasteiger partial charge on any atom is -0.494 e. The summed E-state index contributed by atoms with van der Waals surface area (Å²) in [7, 11) is 0. The molecule has 0 bridgehead atoms. The van der Waals surface area contributed by atoms with E-state index in [9.17, 15) is 9.59 Å². The molecule has 0 aromatic rings. The smallest absolute Gasteiger partial charge is 0.306 e. The van der Waals surface area contributed by atoms with Gasteiger partial charge in [-0.05, 0) is 104 Å². The van der Waals surface area contributed by atoms with Gasteiger partial charge in [-0.25, -0.2) is 0 Å². The molecule has 0 spiro atoms. The van der Waals surface area contributed by atoms with Gasteiger partial charge >= 0.3 is 5.97 Å². The van der Waals surface area contributed by atoms with Gasteiger partial charge in [-0.1, -0.05) is 46.3 Å². The summed E-state index contributed by atoms with van der Waals surface area (Å²) >= 11 is 0. The van der Waals surface area contributed by atoms with E-state index < -0.39 is 0 Å². The summed E-state index contributed by atoms with van der Waals surface area (Å²) in [5.41, 5.74) is 3.67. The molecule has 3 fully saturated rings. The first-order valence-electron chi connectivity index (χ1n) is 16.4. The fraction of sp³-hybridized carbons (Fsp3) is 0.829. The molecule has 0 radical (unpaired) electrons. The molecule has 3 saturated carbocycles. The van der Waals surface area contributed by atoms with Crippen LogP contribution in [0.5, 0.6) is 0 Å². The first-order chi connectivity index (χ1) is 18.9. The van der Waals surface area contributed by atoms with Crippen molar-refractivity contribution in [1.29, 1.82) is 0 Å². The predicted molar refractivity (Wildman–Crippen MR) is 159 cm³/mol. The largest absolute Gasteiger partial charge is 0.494 e. The van der Waals surface area contributed by atoms with Crippen LogP contribution in [0, 0.1) is 46.3 Å². The molecule has 4 aliphatic carbocycles. The molecule has 0 aromatic heterocycles. The molecule has 1 heterocycles. The molecule has 0 saturated heterocycles. The highest BCUT2D eigenvalue weighted by Crippen LogP contribution is 2.69. The molecule has 224 valence electrons. The molecule has 5 rings (SSSR count). The lowest BCUT2D eigenvalue weighted by Crippen LogP contribution is -2.50. The van der Waals surface area contributed by atoms with Gasteiger partial charge in [0.15, 0.2) is 0 Å². The van der Waals surface area contributed by atoms with Crippen molar-refractivity contribution >= 4 is 11.9 Å². The highest BCUT2D eigenvalue weighted by molar-refractivity contribution is 5.72. The van der Waals surface area contributed by atoms with Crippen molar-refractivity contribution in [1.82, 2.24) is 5.32 Å². The van der Waals surface area contributed by atoms with Crippen LogP contribution in [0.3, 0.4) is 0 Å². The molecule has 9 atom stereocenters. The first-order valence-corrected chi connectivity index (χ1v) is 16.4. The molecule has 5 heteroatoms. The second-order valence-electron chi connectivity index (χ2n) is 15.1. The second-order valence-corrected chi connectivity index (χ2v) is 15.1. The zero-order valence-electron chi connectivity index (χ0n) is 26.3. The van der Waals surface area contributed by atoms with E-state index in [0.29, 0.717) is 35.7 Å². The third kappa shape index (κ3) is 5.52. The molecule has 5 aliphatic rings. The number of carbonyl (C=O) groups is 2. The van der Waals surface area contributed by atoms with E-state index in [1.807, 2.05) is 0 Å². The average molecular weight is 554 g/mol. The molecule has 1 amide bonds. The van der Waals surface area contributed by atoms with Crippen molar-refractivity contribution in [2.45, 2.75) is 131 Å². The Bertz CT molecular complexity index is 1040. The van der Waals surface area contributed by atoms with Crippen LogP contribution in [-0.4, -0.2) is 30.6 Å². The van der Waals surface area contributed by atoms with Gasteiger partial charge in [-0.3, -0.25) is 9.59 Å². The Morgan fingerprint density at radius 1 is 1.12 bits per heavy atom. The van der Waals surface area contributed by atoms with Gasteiger partial charge in [0.1, 0.15) is 12.2 Å². The van der Waals surface area contributed by atoms with Gasteiger partial charge in [-0.15, -0.1) is 0 Å². The third-order valence-electron chi connectivity index (χ3n) is 12.1. The van der Waals surface area contributed by atoms with Gasteiger partial charge in [0.2, 0.25) is 5.91 Å². The molecule has 1 aliphatic heterocycles. The quantitative estimate of drug-likeness (QED) is 0.234. The van der Waals surface area contributed by atoms with Gasteiger partial charge in [0.05, 0.1) is 5.76 Å². The summed E-state index contributed by atoms with van der Waals surface area (Å²) < 4.78 is 12.7. The summed E-state index contributed by atoms with van der Waals surface area (Å²) in [6, 6.07) is 0. The van der Waals surface area contributed by atoms with E-state index in [1.54, 1.807) is 12.5 Å². The van der Waals surface area contributed by atoms with Crippen LogP contribution in [-0.2, 0) is 19.1 Å². The number of nitrogens with one attached hydrogen (secondary N) is 1. The van der Waals surface area contributed by atoms with E-state index in [-0.39, 0.29) is 23.4 Å². The maximum absolute atomic E-state index is 12.4. The third-order valence-corrected chi connectivity index (χ3v) is 12.1. The zero-order valence-corrected chi connectivity index (χ0v) is 26.3. The zero-order chi connectivity index (χ0) is 28.8. The van der Waals surface area contributed by atoms with Crippen molar-refractivity contribution in [3.8, 4) is 0 Å². The lowest BCUT2D eigenvalue weighted by Gasteiger charge is -2.58. The van der Waals surface area contributed by atoms with E-state index in [4.69, 9.17) is 9.47 Å². The van der Waals surface area contributed by atoms with Crippen LogP contribution in [0.4, 0.5) is 0 Å². The number of rotatable bonds is 9. The molecule has 40 heavy (non-hydrogen) atoms. The van der Waals surface area contributed by atoms with E-state index in [2.05, 4.69) is 52.9 Å². The Morgan fingerprint density at radius 2 is 1.90 bits per heavy atom. The monoisotopic (exact) mass is 553 g/mol. The van der Waals surface area contributed by atoms with Gasteiger partial charge in [0, 0.05) is 38.6 Å². The van der Waals surface area contributed by atoms with Gasteiger partial charge in [0.25, 0.3) is 0 Å². The number of allylic oxidation sites excluding steroid dienone is 2. The molecule has 1 N–H and O–H groups in total. The fourth-order valence-corrected chi connectivity index (χ4v) is 9.76. The van der Waals surface area contributed by atoms with Gasteiger partial charge in [-0.2, -0.15) is 0 Å². The van der Waals surface area contributed by atoms with Crippen LogP contribution in [0.2, 0.25) is 0 Å². The van der Waals surface area contributed by atoms with Crippen molar-refractivity contribution in [3.05, 3.63) is 23.0 Å². The van der Waals surface area contributed by atoms with Crippen LogP contribution in [0.1, 0.15) is 119 Å². The highest BCUT2D eigenvalue weighted by Gasteiger charge is 2.63. The lowest BCUT2D eigenvalue weighted by molar-refractivity contribution is -0.151. The first kappa shape index (κ1) is 29.7. The highest BCUT2D eigenvalue weighted by atomic mass is 16.5. The number of hydrogen-bond acceptors (Lipinski definition) is 4. The Hall–Kier alpha value is -1.78. The maximum atomic E-state index is 12.4. The number of carbonyl (C=O) groups excluding carboxylic acids is 2. The number of esters is 1. The molecular weight excluding hydrogens is 498 g/mol. The summed E-state index contributed by atoms with van der Waals surface area (Å²) in [4.78, 5) is 23.7. The van der Waals surface area contributed by atoms with Crippen LogP contribution in [0.15, 0.2) is 23.0 Å². The van der Waals surface area contributed by atoms with Crippen molar-refractivity contribution in [2.75, 3.05) is 6.54 Å². The Morgan fingerprint density at radius 3 is 2.62 bits per heavy atom.